The minimum Gasteiger partial charge on any atom is -0.375 e. The van der Waals surface area contributed by atoms with E-state index in [2.05, 4.69) is 24.2 Å². The van der Waals surface area contributed by atoms with Gasteiger partial charge in [-0.1, -0.05) is 33.1 Å². The third-order valence-electron chi connectivity index (χ3n) is 5.45. The number of hydrogen-bond donors (Lipinski definition) is 2. The van der Waals surface area contributed by atoms with E-state index in [-0.39, 0.29) is 11.3 Å². The first-order valence-electron chi connectivity index (χ1n) is 8.94. The maximum atomic E-state index is 6.10. The Bertz CT molecular complexity index is 421. The van der Waals surface area contributed by atoms with Crippen LogP contribution in [0.1, 0.15) is 46.0 Å². The number of nitrogens with zero attached hydrogens (tertiary/aromatic N) is 1. The van der Waals surface area contributed by atoms with Crippen molar-refractivity contribution in [1.82, 2.24) is 5.32 Å². The molecule has 0 bridgehead atoms. The van der Waals surface area contributed by atoms with Crippen molar-refractivity contribution < 1.29 is 14.2 Å². The van der Waals surface area contributed by atoms with E-state index in [4.69, 9.17) is 19.9 Å². The minimum absolute atomic E-state index is 0.0975. The summed E-state index contributed by atoms with van der Waals surface area (Å²) in [5.74, 6) is 0.153. The maximum Gasteiger partial charge on any atom is 0.197 e. The molecule has 3 rings (SSSR count). The summed E-state index contributed by atoms with van der Waals surface area (Å²) in [7, 11) is 0. The Morgan fingerprint density at radius 1 is 1.22 bits per heavy atom. The van der Waals surface area contributed by atoms with Crippen molar-refractivity contribution in [1.29, 1.82) is 0 Å². The van der Waals surface area contributed by atoms with Crippen LogP contribution in [0.4, 0.5) is 0 Å². The van der Waals surface area contributed by atoms with Gasteiger partial charge in [0, 0.05) is 18.5 Å². The van der Waals surface area contributed by atoms with Crippen LogP contribution in [0.25, 0.3) is 0 Å². The summed E-state index contributed by atoms with van der Waals surface area (Å²) in [5.41, 5.74) is 6.00. The number of ether oxygens (including phenoxy) is 3. The van der Waals surface area contributed by atoms with Gasteiger partial charge in [0.15, 0.2) is 11.7 Å². The first-order valence-corrected chi connectivity index (χ1v) is 8.94. The summed E-state index contributed by atoms with van der Waals surface area (Å²) in [4.78, 5) is 4.61. The second-order valence-corrected chi connectivity index (χ2v) is 7.75. The molecular formula is C17H31N3O3. The summed E-state index contributed by atoms with van der Waals surface area (Å²) in [6.07, 6.45) is 6.30. The molecule has 23 heavy (non-hydrogen) atoms. The Kier molecular flexibility index (Phi) is 5.13. The largest absolute Gasteiger partial charge is 0.375 e. The van der Waals surface area contributed by atoms with Crippen molar-refractivity contribution >= 4 is 5.96 Å². The van der Waals surface area contributed by atoms with Crippen LogP contribution in [0.15, 0.2) is 4.99 Å². The summed E-state index contributed by atoms with van der Waals surface area (Å²) in [6, 6.07) is 0.485. The number of rotatable bonds is 4. The highest BCUT2D eigenvalue weighted by Gasteiger charge is 2.55. The van der Waals surface area contributed by atoms with Crippen LogP contribution in [-0.4, -0.2) is 50.8 Å². The number of nitrogens with one attached hydrogen (secondary N) is 1. The highest BCUT2D eigenvalue weighted by Crippen LogP contribution is 2.44. The molecule has 0 amide bonds. The van der Waals surface area contributed by atoms with E-state index < -0.39 is 5.79 Å². The molecule has 6 heteroatoms. The molecule has 1 unspecified atom stereocenters. The Morgan fingerprint density at radius 3 is 2.61 bits per heavy atom. The molecule has 1 spiro atoms. The molecule has 6 nitrogen and oxygen atoms in total. The van der Waals surface area contributed by atoms with Gasteiger partial charge >= 0.3 is 0 Å². The standard InChI is InChI=1S/C17H31N3O3/c1-16(2,14-10-21-12-17(14)22-8-9-23-17)11-19-15(18)20-13-6-4-3-5-7-13/h13-14H,3-12H2,1-2H3,(H3,18,19,20). The van der Waals surface area contributed by atoms with E-state index in [9.17, 15) is 0 Å². The zero-order valence-corrected chi connectivity index (χ0v) is 14.5. The van der Waals surface area contributed by atoms with Gasteiger partial charge in [-0.15, -0.1) is 0 Å². The Balaban J connectivity index is 1.57. The van der Waals surface area contributed by atoms with E-state index in [1.165, 1.54) is 32.1 Å². The molecule has 132 valence electrons. The lowest BCUT2D eigenvalue weighted by atomic mass is 9.75. The van der Waals surface area contributed by atoms with Crippen molar-refractivity contribution in [2.45, 2.75) is 57.8 Å². The van der Waals surface area contributed by atoms with Crippen molar-refractivity contribution in [2.24, 2.45) is 22.1 Å². The van der Waals surface area contributed by atoms with Gasteiger partial charge in [0.1, 0.15) is 6.61 Å². The van der Waals surface area contributed by atoms with Gasteiger partial charge < -0.3 is 25.3 Å². The fourth-order valence-electron chi connectivity index (χ4n) is 4.02. The Morgan fingerprint density at radius 2 is 1.91 bits per heavy atom. The van der Waals surface area contributed by atoms with Crippen molar-refractivity contribution in [3.63, 3.8) is 0 Å². The van der Waals surface area contributed by atoms with Crippen LogP contribution in [0.3, 0.4) is 0 Å². The van der Waals surface area contributed by atoms with Gasteiger partial charge in [0.25, 0.3) is 0 Å². The number of hydrogen-bond acceptors (Lipinski definition) is 4. The lowest BCUT2D eigenvalue weighted by Crippen LogP contribution is -2.47. The fourth-order valence-corrected chi connectivity index (χ4v) is 4.02. The highest BCUT2D eigenvalue weighted by molar-refractivity contribution is 5.78. The van der Waals surface area contributed by atoms with Crippen LogP contribution in [-0.2, 0) is 14.2 Å². The smallest absolute Gasteiger partial charge is 0.197 e. The molecule has 0 aromatic rings. The second kappa shape index (κ2) is 6.95. The van der Waals surface area contributed by atoms with Gasteiger partial charge in [-0.05, 0) is 18.3 Å². The Hall–Kier alpha value is -0.850. The molecule has 0 aromatic carbocycles. The Labute approximate surface area is 139 Å². The summed E-state index contributed by atoms with van der Waals surface area (Å²) >= 11 is 0. The number of nitrogens with two attached hydrogens (primary N) is 1. The van der Waals surface area contributed by atoms with Gasteiger partial charge in [0.05, 0.1) is 19.8 Å². The predicted molar refractivity (Wildman–Crippen MR) is 89.2 cm³/mol. The van der Waals surface area contributed by atoms with Gasteiger partial charge in [-0.3, -0.25) is 4.99 Å². The van der Waals surface area contributed by atoms with Crippen LogP contribution in [0.5, 0.6) is 0 Å². The van der Waals surface area contributed by atoms with Gasteiger partial charge in [-0.2, -0.15) is 0 Å². The topological polar surface area (TPSA) is 78.1 Å². The van der Waals surface area contributed by atoms with E-state index >= 15 is 0 Å². The van der Waals surface area contributed by atoms with Gasteiger partial charge in [0.2, 0.25) is 0 Å². The second-order valence-electron chi connectivity index (χ2n) is 7.75. The van der Waals surface area contributed by atoms with Crippen LogP contribution < -0.4 is 11.1 Å². The van der Waals surface area contributed by atoms with Crippen LogP contribution >= 0.6 is 0 Å². The third-order valence-corrected chi connectivity index (χ3v) is 5.45. The minimum atomic E-state index is -0.579. The van der Waals surface area contributed by atoms with Crippen molar-refractivity contribution in [2.75, 3.05) is 33.0 Å². The summed E-state index contributed by atoms with van der Waals surface area (Å²) in [6.45, 7) is 7.47. The molecule has 3 N–H and O–H groups in total. The predicted octanol–water partition coefficient (Wildman–Crippen LogP) is 1.64. The molecule has 1 atom stereocenters. The zero-order valence-electron chi connectivity index (χ0n) is 14.5. The molecule has 3 aliphatic rings. The first-order chi connectivity index (χ1) is 11.0. The molecule has 2 heterocycles. The summed E-state index contributed by atoms with van der Waals surface area (Å²) in [5, 5.41) is 3.38. The molecule has 2 aliphatic heterocycles. The van der Waals surface area contributed by atoms with E-state index in [0.29, 0.717) is 45.0 Å². The molecular weight excluding hydrogens is 294 g/mol. The summed E-state index contributed by atoms with van der Waals surface area (Å²) < 4.78 is 17.4. The normalized spacial score (nSPS) is 29.3. The lowest BCUT2D eigenvalue weighted by molar-refractivity contribution is -0.196. The quantitative estimate of drug-likeness (QED) is 0.607. The molecule has 1 aliphatic carbocycles. The van der Waals surface area contributed by atoms with E-state index in [0.717, 1.165) is 0 Å². The van der Waals surface area contributed by atoms with Gasteiger partial charge in [-0.25, -0.2) is 0 Å². The van der Waals surface area contributed by atoms with E-state index in [1.54, 1.807) is 0 Å². The number of guanidine groups is 1. The average Bonchev–Trinajstić information content (AvgIpc) is 3.17. The highest BCUT2D eigenvalue weighted by atomic mass is 16.8. The third kappa shape index (κ3) is 3.80. The molecule has 2 saturated heterocycles. The monoisotopic (exact) mass is 325 g/mol. The SMILES string of the molecule is CC(C)(CN=C(N)NC1CCCCC1)C1COCC12OCCO2. The molecule has 1 saturated carbocycles. The lowest BCUT2D eigenvalue weighted by Gasteiger charge is -2.38. The van der Waals surface area contributed by atoms with Crippen LogP contribution in [0.2, 0.25) is 0 Å². The molecule has 3 fully saturated rings. The number of aliphatic imine (C=N–C) groups is 1. The molecule has 0 radical (unpaired) electrons. The first kappa shape index (κ1) is 17.0. The average molecular weight is 325 g/mol. The van der Waals surface area contributed by atoms with Crippen molar-refractivity contribution in [3.8, 4) is 0 Å². The zero-order chi connectivity index (χ0) is 16.3. The van der Waals surface area contributed by atoms with Crippen LogP contribution in [0, 0.1) is 11.3 Å². The fraction of sp³-hybridized carbons (Fsp3) is 0.941. The van der Waals surface area contributed by atoms with E-state index in [1.807, 2.05) is 0 Å². The maximum absolute atomic E-state index is 6.10. The molecule has 0 aromatic heterocycles. The van der Waals surface area contributed by atoms with Crippen molar-refractivity contribution in [3.05, 3.63) is 0 Å².